The average molecular weight is 589 g/mol. The van der Waals surface area contributed by atoms with E-state index in [1.165, 1.54) is 18.2 Å². The van der Waals surface area contributed by atoms with Crippen molar-refractivity contribution in [3.05, 3.63) is 34.9 Å². The highest BCUT2D eigenvalue weighted by molar-refractivity contribution is 6.28. The van der Waals surface area contributed by atoms with Crippen molar-refractivity contribution in [2.24, 2.45) is 5.41 Å². The lowest BCUT2D eigenvalue weighted by atomic mass is 9.69. The van der Waals surface area contributed by atoms with Gasteiger partial charge in [0.05, 0.1) is 5.56 Å². The quantitative estimate of drug-likeness (QED) is 0.424. The van der Waals surface area contributed by atoms with E-state index in [4.69, 9.17) is 21.1 Å². The molecule has 3 aliphatic rings. The fourth-order valence-electron chi connectivity index (χ4n) is 6.55. The summed E-state index contributed by atoms with van der Waals surface area (Å²) >= 11 is 6.15. The number of rotatable bonds is 6. The molecule has 1 spiro atoms. The Bertz CT molecular complexity index is 1310. The molecule has 10 nitrogen and oxygen atoms in total. The number of amides is 2. The summed E-state index contributed by atoms with van der Waals surface area (Å²) in [4.78, 5) is 36.2. The molecule has 3 fully saturated rings. The molecular formula is C29H38ClFN6O4. The Kier molecular flexibility index (Phi) is 7.78. The van der Waals surface area contributed by atoms with E-state index in [-0.39, 0.29) is 58.0 Å². The Morgan fingerprint density at radius 2 is 1.83 bits per heavy atom. The van der Waals surface area contributed by atoms with Gasteiger partial charge in [-0.2, -0.15) is 4.98 Å². The number of benzene rings is 1. The highest BCUT2D eigenvalue weighted by Gasteiger charge is 2.56. The third-order valence-corrected chi connectivity index (χ3v) is 8.29. The van der Waals surface area contributed by atoms with Crippen LogP contribution in [0.4, 0.5) is 15.0 Å². The molecule has 1 aromatic heterocycles. The summed E-state index contributed by atoms with van der Waals surface area (Å²) in [6.45, 7) is 13.2. The van der Waals surface area contributed by atoms with E-state index in [1.54, 1.807) is 4.90 Å². The summed E-state index contributed by atoms with van der Waals surface area (Å²) in [6.07, 6.45) is 3.45. The maximum Gasteiger partial charge on any atom is 0.410 e. The van der Waals surface area contributed by atoms with Crippen molar-refractivity contribution in [3.63, 3.8) is 0 Å². The van der Waals surface area contributed by atoms with Gasteiger partial charge in [0.15, 0.2) is 5.82 Å². The van der Waals surface area contributed by atoms with Gasteiger partial charge >= 0.3 is 6.09 Å². The predicted molar refractivity (Wildman–Crippen MR) is 152 cm³/mol. The summed E-state index contributed by atoms with van der Waals surface area (Å²) in [5.41, 5.74) is -0.420. The fourth-order valence-corrected chi connectivity index (χ4v) is 6.67. The Morgan fingerprint density at radius 1 is 1.17 bits per heavy atom. The molecule has 12 heteroatoms. The number of carbonyl (C=O) groups is 2. The zero-order chi connectivity index (χ0) is 29.7. The predicted octanol–water partition coefficient (Wildman–Crippen LogP) is 5.70. The Labute approximate surface area is 245 Å². The van der Waals surface area contributed by atoms with Crippen LogP contribution in [-0.2, 0) is 4.74 Å². The van der Waals surface area contributed by atoms with E-state index in [0.29, 0.717) is 25.5 Å². The zero-order valence-electron chi connectivity index (χ0n) is 24.5. The number of ether oxygens (including phenoxy) is 2. The third kappa shape index (κ3) is 5.91. The second-order valence-electron chi connectivity index (χ2n) is 12.7. The van der Waals surface area contributed by atoms with E-state index >= 15 is 0 Å². The molecule has 4 heterocycles. The van der Waals surface area contributed by atoms with Crippen molar-refractivity contribution in [1.82, 2.24) is 25.0 Å². The zero-order valence-corrected chi connectivity index (χ0v) is 25.2. The van der Waals surface area contributed by atoms with Gasteiger partial charge < -0.3 is 24.2 Å². The number of nitrogens with zero attached hydrogens (tertiary/aromatic N) is 6. The van der Waals surface area contributed by atoms with Crippen LogP contribution in [0.1, 0.15) is 77.6 Å². The van der Waals surface area contributed by atoms with Crippen molar-refractivity contribution < 1.29 is 23.5 Å². The lowest BCUT2D eigenvalue weighted by Gasteiger charge is -2.56. The van der Waals surface area contributed by atoms with Crippen molar-refractivity contribution in [3.8, 4) is 11.6 Å². The second kappa shape index (κ2) is 10.9. The molecule has 2 bridgehead atoms. The molecule has 5 rings (SSSR count). The number of anilines is 1. The van der Waals surface area contributed by atoms with Crippen molar-refractivity contribution >= 4 is 29.4 Å². The minimum Gasteiger partial charge on any atom is -0.444 e. The van der Waals surface area contributed by atoms with Gasteiger partial charge in [-0.15, -0.1) is 10.2 Å². The Balaban J connectivity index is 1.34. The van der Waals surface area contributed by atoms with Gasteiger partial charge in [-0.3, -0.25) is 4.79 Å². The molecule has 0 N–H and O–H groups in total. The SMILES string of the molecule is CCN(C(=O)c1cc(F)ccc1Oc1nnc(Cl)nc1N1CC2(CC3CCC(C2)N3C(=O)OC(C)(C)C)C1)C(C)C. The van der Waals surface area contributed by atoms with E-state index < -0.39 is 11.4 Å². The largest absolute Gasteiger partial charge is 0.444 e. The number of carbonyl (C=O) groups excluding carboxylic acids is 2. The van der Waals surface area contributed by atoms with Crippen LogP contribution < -0.4 is 9.64 Å². The number of hydrogen-bond acceptors (Lipinski definition) is 8. The van der Waals surface area contributed by atoms with Crippen LogP contribution in [-0.4, -0.2) is 80.3 Å². The number of aromatic nitrogens is 3. The molecule has 0 aliphatic carbocycles. The first-order valence-corrected chi connectivity index (χ1v) is 14.6. The summed E-state index contributed by atoms with van der Waals surface area (Å²) in [5.74, 6) is -0.223. The van der Waals surface area contributed by atoms with E-state index in [2.05, 4.69) is 15.2 Å². The molecule has 41 heavy (non-hydrogen) atoms. The van der Waals surface area contributed by atoms with Gasteiger partial charge in [0.1, 0.15) is 17.2 Å². The van der Waals surface area contributed by atoms with E-state index in [0.717, 1.165) is 25.7 Å². The van der Waals surface area contributed by atoms with Crippen molar-refractivity contribution in [2.45, 2.75) is 91.0 Å². The van der Waals surface area contributed by atoms with Crippen LogP contribution in [0.5, 0.6) is 11.6 Å². The van der Waals surface area contributed by atoms with E-state index in [9.17, 15) is 14.0 Å². The maximum absolute atomic E-state index is 14.2. The number of halogens is 2. The number of hydrogen-bond donors (Lipinski definition) is 0. The summed E-state index contributed by atoms with van der Waals surface area (Å²) in [6, 6.07) is 4.03. The lowest BCUT2D eigenvalue weighted by Crippen LogP contribution is -2.64. The van der Waals surface area contributed by atoms with E-state index in [1.807, 2.05) is 51.3 Å². The highest BCUT2D eigenvalue weighted by atomic mass is 35.5. The summed E-state index contributed by atoms with van der Waals surface area (Å²) < 4.78 is 26.0. The molecule has 0 saturated carbocycles. The lowest BCUT2D eigenvalue weighted by molar-refractivity contribution is -0.0183. The van der Waals surface area contributed by atoms with Crippen LogP contribution in [0.3, 0.4) is 0 Å². The van der Waals surface area contributed by atoms with Gasteiger partial charge in [0, 0.05) is 43.2 Å². The minimum atomic E-state index is -0.543. The molecule has 2 aromatic rings. The van der Waals surface area contributed by atoms with Crippen molar-refractivity contribution in [1.29, 1.82) is 0 Å². The number of piperidine rings is 1. The first kappa shape index (κ1) is 29.3. The van der Waals surface area contributed by atoms with Crippen LogP contribution >= 0.6 is 11.6 Å². The maximum atomic E-state index is 14.2. The van der Waals surface area contributed by atoms with Crippen LogP contribution in [0, 0.1) is 11.2 Å². The molecule has 222 valence electrons. The van der Waals surface area contributed by atoms with Gasteiger partial charge in [0.25, 0.3) is 11.8 Å². The molecule has 3 saturated heterocycles. The Hall–Kier alpha value is -3.21. The summed E-state index contributed by atoms with van der Waals surface area (Å²) in [5, 5.41) is 7.99. The highest BCUT2D eigenvalue weighted by Crippen LogP contribution is 2.52. The summed E-state index contributed by atoms with van der Waals surface area (Å²) in [7, 11) is 0. The first-order chi connectivity index (χ1) is 19.3. The minimum absolute atomic E-state index is 0.0228. The normalized spacial score (nSPS) is 21.2. The molecule has 2 unspecified atom stereocenters. The standard InChI is InChI=1S/C29H38ClFN6O4/c1-7-36(17(2)3)25(38)21-12-18(31)8-11-22(21)40-24-23(32-26(30)34-33-24)35-15-29(16-35)13-19-9-10-20(14-29)37(19)27(39)41-28(4,5)6/h8,11-12,17,19-20H,7,9-10,13-16H2,1-6H3. The van der Waals surface area contributed by atoms with Gasteiger partial charge in [-0.1, -0.05) is 0 Å². The molecule has 0 radical (unpaired) electrons. The molecule has 2 atom stereocenters. The van der Waals surface area contributed by atoms with Crippen molar-refractivity contribution in [2.75, 3.05) is 24.5 Å². The van der Waals surface area contributed by atoms with Gasteiger partial charge in [-0.25, -0.2) is 9.18 Å². The topological polar surface area (TPSA) is 101 Å². The fraction of sp³-hybridized carbons (Fsp3) is 0.621. The molecule has 3 aliphatic heterocycles. The molecular weight excluding hydrogens is 551 g/mol. The third-order valence-electron chi connectivity index (χ3n) is 8.13. The smallest absolute Gasteiger partial charge is 0.410 e. The van der Waals surface area contributed by atoms with Crippen LogP contribution in [0.15, 0.2) is 18.2 Å². The van der Waals surface area contributed by atoms with Crippen LogP contribution in [0.2, 0.25) is 5.28 Å². The number of fused-ring (bicyclic) bond motifs is 2. The van der Waals surface area contributed by atoms with Gasteiger partial charge in [-0.05, 0) is 97.0 Å². The molecule has 2 amide bonds. The average Bonchev–Trinajstić information content (AvgIpc) is 3.14. The Morgan fingerprint density at radius 3 is 2.41 bits per heavy atom. The first-order valence-electron chi connectivity index (χ1n) is 14.2. The second-order valence-corrected chi connectivity index (χ2v) is 13.0. The van der Waals surface area contributed by atoms with Crippen LogP contribution in [0.25, 0.3) is 0 Å². The van der Waals surface area contributed by atoms with Gasteiger partial charge in [0.2, 0.25) is 5.28 Å². The molecule has 1 aromatic carbocycles. The monoisotopic (exact) mass is 588 g/mol.